The third-order valence-electron chi connectivity index (χ3n) is 8.45. The molecule has 12 nitrogen and oxygen atoms in total. The topological polar surface area (TPSA) is 140 Å². The highest BCUT2D eigenvalue weighted by atomic mass is 16.5. The monoisotopic (exact) mass is 632 g/mol. The third-order valence-corrected chi connectivity index (χ3v) is 8.45. The minimum Gasteiger partial charge on any atom is -0.493 e. The zero-order valence-corrected chi connectivity index (χ0v) is 26.6. The van der Waals surface area contributed by atoms with Gasteiger partial charge in [0.25, 0.3) is 5.91 Å². The van der Waals surface area contributed by atoms with Crippen LogP contribution in [0.15, 0.2) is 51.9 Å². The van der Waals surface area contributed by atoms with E-state index in [0.29, 0.717) is 92.7 Å². The van der Waals surface area contributed by atoms with E-state index in [1.807, 2.05) is 12.1 Å². The number of anilines is 1. The number of ether oxygens (including phenoxy) is 3. The Morgan fingerprint density at radius 3 is 2.35 bits per heavy atom. The predicted molar refractivity (Wildman–Crippen MR) is 172 cm³/mol. The molecule has 12 heteroatoms. The van der Waals surface area contributed by atoms with Crippen LogP contribution in [0.1, 0.15) is 53.9 Å². The lowest BCUT2D eigenvalue weighted by atomic mass is 9.95. The van der Waals surface area contributed by atoms with Gasteiger partial charge in [0.2, 0.25) is 23.0 Å². The largest absolute Gasteiger partial charge is 0.493 e. The molecule has 46 heavy (non-hydrogen) atoms. The van der Waals surface area contributed by atoms with Crippen LogP contribution in [0.4, 0.5) is 5.69 Å². The van der Waals surface area contributed by atoms with E-state index < -0.39 is 6.04 Å². The van der Waals surface area contributed by atoms with Gasteiger partial charge in [-0.15, -0.1) is 0 Å². The van der Waals surface area contributed by atoms with Gasteiger partial charge < -0.3 is 39.1 Å². The number of nitrogens with zero attached hydrogens (tertiary/aromatic N) is 2. The molecule has 0 bridgehead atoms. The Balaban J connectivity index is 1.30. The van der Waals surface area contributed by atoms with E-state index in [1.165, 1.54) is 13.2 Å². The zero-order valence-electron chi connectivity index (χ0n) is 26.6. The van der Waals surface area contributed by atoms with Gasteiger partial charge in [-0.2, -0.15) is 0 Å². The summed E-state index contributed by atoms with van der Waals surface area (Å²) >= 11 is 0. The number of hydrogen-bond donors (Lipinski definition) is 2. The van der Waals surface area contributed by atoms with Crippen molar-refractivity contribution in [2.75, 3.05) is 59.4 Å². The molecular weight excluding hydrogens is 592 g/mol. The van der Waals surface area contributed by atoms with Crippen LogP contribution in [0.25, 0.3) is 11.1 Å². The van der Waals surface area contributed by atoms with Crippen LogP contribution in [0.2, 0.25) is 0 Å². The Hall–Kier alpha value is -5.00. The highest BCUT2D eigenvalue weighted by Crippen LogP contribution is 2.50. The van der Waals surface area contributed by atoms with Gasteiger partial charge in [-0.25, -0.2) is 0 Å². The Morgan fingerprint density at radius 1 is 0.957 bits per heavy atom. The van der Waals surface area contributed by atoms with E-state index >= 15 is 0 Å². The van der Waals surface area contributed by atoms with Crippen molar-refractivity contribution in [1.29, 1.82) is 0 Å². The van der Waals surface area contributed by atoms with Crippen molar-refractivity contribution in [1.82, 2.24) is 15.1 Å². The van der Waals surface area contributed by atoms with E-state index in [4.69, 9.17) is 18.6 Å². The average Bonchev–Trinajstić information content (AvgIpc) is 3.51. The average molecular weight is 633 g/mol. The quantitative estimate of drug-likeness (QED) is 0.321. The van der Waals surface area contributed by atoms with Gasteiger partial charge >= 0.3 is 0 Å². The maximum atomic E-state index is 13.5. The van der Waals surface area contributed by atoms with E-state index in [0.717, 1.165) is 16.7 Å². The van der Waals surface area contributed by atoms with Gasteiger partial charge in [-0.3, -0.25) is 19.2 Å². The molecule has 2 aliphatic rings. The summed E-state index contributed by atoms with van der Waals surface area (Å²) in [6.07, 6.45) is 3.47. The molecule has 2 heterocycles. The van der Waals surface area contributed by atoms with Gasteiger partial charge in [0.15, 0.2) is 17.3 Å². The second-order valence-corrected chi connectivity index (χ2v) is 11.3. The predicted octanol–water partition coefficient (Wildman–Crippen LogP) is 3.63. The van der Waals surface area contributed by atoms with Gasteiger partial charge in [0.05, 0.1) is 39.3 Å². The smallest absolute Gasteiger partial charge is 0.289 e. The van der Waals surface area contributed by atoms with E-state index in [9.17, 15) is 19.2 Å². The molecular formula is C34H40N4O8. The molecule has 1 aromatic heterocycles. The van der Waals surface area contributed by atoms with Crippen LogP contribution in [0, 0.1) is 0 Å². The summed E-state index contributed by atoms with van der Waals surface area (Å²) in [6.45, 7) is 3.68. The van der Waals surface area contributed by atoms with Crippen LogP contribution in [-0.4, -0.2) is 81.6 Å². The van der Waals surface area contributed by atoms with Crippen molar-refractivity contribution in [3.8, 4) is 28.4 Å². The van der Waals surface area contributed by atoms with Crippen LogP contribution in [0.5, 0.6) is 17.2 Å². The summed E-state index contributed by atoms with van der Waals surface area (Å²) in [4.78, 5) is 54.5. The summed E-state index contributed by atoms with van der Waals surface area (Å²) in [6, 6.07) is 9.98. The molecule has 0 saturated carbocycles. The SMILES string of the molecule is COc1cc2c(c(OC)c1OC)-c1ccc(NCCCC(=O)N3CCN(C(=O)c4ccco4)CC3)c(=O)cc1C(NC(C)=O)CC2. The molecule has 1 aliphatic carbocycles. The lowest BCUT2D eigenvalue weighted by Crippen LogP contribution is -2.50. The zero-order chi connectivity index (χ0) is 32.8. The molecule has 2 aromatic carbocycles. The standard InChI is InChI=1S/C34H40N4O8/c1-21(39)36-25-11-9-22-19-29(43-2)32(44-3)33(45-4)31(22)23-10-12-26(27(40)20-24(23)25)35-13-5-8-30(41)37-14-16-38(17-15-37)34(42)28-7-6-18-46-28/h6-7,10,12,18-20,25H,5,8-9,11,13-17H2,1-4H3,(H,35,40)(H,36,39). The molecule has 1 saturated heterocycles. The number of benzene rings is 1. The number of carbonyl (C=O) groups excluding carboxylic acids is 3. The first-order valence-corrected chi connectivity index (χ1v) is 15.4. The Labute approximate surface area is 267 Å². The van der Waals surface area contributed by atoms with Crippen molar-refractivity contribution in [2.45, 2.75) is 38.6 Å². The number of carbonyl (C=O) groups is 3. The van der Waals surface area contributed by atoms with Gasteiger partial charge in [-0.05, 0) is 66.3 Å². The third kappa shape index (κ3) is 6.80. The minimum atomic E-state index is -0.401. The number of rotatable bonds is 10. The lowest BCUT2D eigenvalue weighted by Gasteiger charge is -2.34. The summed E-state index contributed by atoms with van der Waals surface area (Å²) in [5, 5.41) is 6.22. The van der Waals surface area contributed by atoms with Crippen molar-refractivity contribution in [2.24, 2.45) is 0 Å². The number of nitrogens with one attached hydrogen (secondary N) is 2. The molecule has 0 radical (unpaired) electrons. The number of aryl methyl sites for hydroxylation is 1. The van der Waals surface area contributed by atoms with Gasteiger partial charge in [0, 0.05) is 51.6 Å². The molecule has 2 N–H and O–H groups in total. The van der Waals surface area contributed by atoms with Crippen LogP contribution in [-0.2, 0) is 16.0 Å². The molecule has 5 rings (SSSR count). The van der Waals surface area contributed by atoms with E-state index in [2.05, 4.69) is 10.6 Å². The molecule has 1 aliphatic heterocycles. The fourth-order valence-electron chi connectivity index (χ4n) is 6.19. The molecule has 3 aromatic rings. The number of methoxy groups -OCH3 is 3. The Bertz CT molecular complexity index is 1650. The highest BCUT2D eigenvalue weighted by molar-refractivity contribution is 5.91. The number of furan rings is 1. The molecule has 3 amide bonds. The summed E-state index contributed by atoms with van der Waals surface area (Å²) < 4.78 is 22.3. The summed E-state index contributed by atoms with van der Waals surface area (Å²) in [5.41, 5.74) is 3.30. The first-order chi connectivity index (χ1) is 22.2. The second-order valence-electron chi connectivity index (χ2n) is 11.3. The summed E-state index contributed by atoms with van der Waals surface area (Å²) in [7, 11) is 4.67. The fraction of sp³-hybridized carbons (Fsp3) is 0.412. The van der Waals surface area contributed by atoms with Crippen molar-refractivity contribution in [3.63, 3.8) is 0 Å². The molecule has 1 atom stereocenters. The number of fused-ring (bicyclic) bond motifs is 3. The first kappa shape index (κ1) is 32.4. The van der Waals surface area contributed by atoms with Crippen molar-refractivity contribution in [3.05, 3.63) is 69.8 Å². The minimum absolute atomic E-state index is 0.00537. The fourth-order valence-corrected chi connectivity index (χ4v) is 6.19. The lowest BCUT2D eigenvalue weighted by molar-refractivity contribution is -0.132. The van der Waals surface area contributed by atoms with Crippen molar-refractivity contribution < 1.29 is 33.0 Å². The maximum Gasteiger partial charge on any atom is 0.289 e. The second kappa shape index (κ2) is 14.4. The molecule has 0 spiro atoms. The van der Waals surface area contributed by atoms with Crippen LogP contribution in [0.3, 0.4) is 0 Å². The van der Waals surface area contributed by atoms with E-state index in [1.54, 1.807) is 55.4 Å². The normalized spacial score (nSPS) is 15.6. The molecule has 1 unspecified atom stereocenters. The van der Waals surface area contributed by atoms with Crippen molar-refractivity contribution >= 4 is 23.4 Å². The highest BCUT2D eigenvalue weighted by Gasteiger charge is 2.30. The number of amides is 3. The van der Waals surface area contributed by atoms with Gasteiger partial charge in [-0.1, -0.05) is 6.07 Å². The number of hydrogen-bond acceptors (Lipinski definition) is 9. The first-order valence-electron chi connectivity index (χ1n) is 15.4. The van der Waals surface area contributed by atoms with Crippen LogP contribution < -0.4 is 30.3 Å². The summed E-state index contributed by atoms with van der Waals surface area (Å²) in [5.74, 6) is 1.39. The van der Waals surface area contributed by atoms with E-state index in [-0.39, 0.29) is 23.2 Å². The van der Waals surface area contributed by atoms with Gasteiger partial charge in [0.1, 0.15) is 0 Å². The molecule has 244 valence electrons. The Kier molecular flexibility index (Phi) is 10.1. The maximum absolute atomic E-state index is 13.5. The number of piperazine rings is 1. The Morgan fingerprint density at radius 2 is 1.70 bits per heavy atom. The molecule has 1 fully saturated rings. The van der Waals surface area contributed by atoms with Crippen LogP contribution >= 0.6 is 0 Å².